The van der Waals surface area contributed by atoms with Crippen LogP contribution in [-0.2, 0) is 14.6 Å². The van der Waals surface area contributed by atoms with Crippen molar-refractivity contribution in [2.24, 2.45) is 0 Å². The summed E-state index contributed by atoms with van der Waals surface area (Å²) in [7, 11) is -3.15. The normalized spacial score (nSPS) is 26.6. The second-order valence-corrected chi connectivity index (χ2v) is 7.09. The van der Waals surface area contributed by atoms with Crippen molar-refractivity contribution in [2.75, 3.05) is 18.1 Å². The van der Waals surface area contributed by atoms with Crippen LogP contribution in [0, 0.1) is 0 Å². The number of rotatable bonds is 5. The Morgan fingerprint density at radius 2 is 2.05 bits per heavy atom. The van der Waals surface area contributed by atoms with Gasteiger partial charge in [0, 0.05) is 13.0 Å². The molecule has 2 atom stereocenters. The highest BCUT2D eigenvalue weighted by Gasteiger charge is 2.39. The summed E-state index contributed by atoms with van der Waals surface area (Å²) < 4.78 is 22.7. The molecule has 1 aliphatic heterocycles. The van der Waals surface area contributed by atoms with Crippen molar-refractivity contribution < 1.29 is 28.2 Å². The minimum absolute atomic E-state index is 0.00276. The van der Waals surface area contributed by atoms with E-state index in [0.717, 1.165) is 0 Å². The van der Waals surface area contributed by atoms with Crippen LogP contribution in [0.4, 0.5) is 4.79 Å². The average molecular weight is 294 g/mol. The largest absolute Gasteiger partial charge is 0.480 e. The van der Waals surface area contributed by atoms with E-state index in [1.807, 2.05) is 0 Å². The van der Waals surface area contributed by atoms with E-state index in [9.17, 15) is 18.0 Å². The number of carboxylic acid groups (broad SMARTS) is 1. The molecule has 1 saturated heterocycles. The summed E-state index contributed by atoms with van der Waals surface area (Å²) in [6.07, 6.45) is 0.179. The first-order valence-corrected chi connectivity index (χ1v) is 7.62. The van der Waals surface area contributed by atoms with E-state index in [0.29, 0.717) is 6.42 Å². The van der Waals surface area contributed by atoms with Crippen molar-refractivity contribution >= 4 is 21.8 Å². The van der Waals surface area contributed by atoms with Crippen LogP contribution in [0.2, 0.25) is 0 Å². The van der Waals surface area contributed by atoms with Crippen LogP contribution in [0.3, 0.4) is 0 Å². The Kier molecular flexibility index (Phi) is 4.75. The van der Waals surface area contributed by atoms with E-state index >= 15 is 0 Å². The molecule has 19 heavy (non-hydrogen) atoms. The number of carbonyl (C=O) groups excluding carboxylic acids is 1. The molecule has 0 spiro atoms. The Balaban J connectivity index is 2.58. The zero-order valence-corrected chi connectivity index (χ0v) is 11.4. The van der Waals surface area contributed by atoms with Crippen molar-refractivity contribution in [3.05, 3.63) is 0 Å². The molecule has 0 saturated carbocycles. The number of amides is 2. The highest BCUT2D eigenvalue weighted by molar-refractivity contribution is 7.91. The molecular formula is C10H18N2O6S. The van der Waals surface area contributed by atoms with Gasteiger partial charge in [-0.3, -0.25) is 0 Å². The molecular weight excluding hydrogens is 276 g/mol. The third kappa shape index (κ3) is 4.67. The molecule has 0 radical (unpaired) electrons. The summed E-state index contributed by atoms with van der Waals surface area (Å²) in [5.74, 6) is -1.41. The maximum absolute atomic E-state index is 11.6. The van der Waals surface area contributed by atoms with E-state index < -0.39 is 33.4 Å². The molecule has 0 aromatic heterocycles. The molecule has 1 fully saturated rings. The Morgan fingerprint density at radius 3 is 2.47 bits per heavy atom. The molecule has 0 aromatic rings. The molecule has 0 aliphatic carbocycles. The van der Waals surface area contributed by atoms with Crippen LogP contribution in [0.5, 0.6) is 0 Å². The fourth-order valence-corrected chi connectivity index (χ4v) is 4.06. The van der Waals surface area contributed by atoms with E-state index in [-0.39, 0.29) is 24.5 Å². The lowest BCUT2D eigenvalue weighted by molar-refractivity contribution is -0.139. The lowest BCUT2D eigenvalue weighted by atomic mass is 10.0. The highest BCUT2D eigenvalue weighted by atomic mass is 32.2. The minimum atomic E-state index is -3.15. The maximum atomic E-state index is 11.6. The fourth-order valence-electron chi connectivity index (χ4n) is 1.96. The second kappa shape index (κ2) is 5.74. The van der Waals surface area contributed by atoms with Crippen molar-refractivity contribution in [1.29, 1.82) is 0 Å². The number of aliphatic hydroxyl groups excluding tert-OH is 1. The fraction of sp³-hybridized carbons (Fsp3) is 0.800. The Hall–Kier alpha value is -1.35. The predicted molar refractivity (Wildman–Crippen MR) is 66.5 cm³/mol. The third-order valence-corrected chi connectivity index (χ3v) is 4.84. The van der Waals surface area contributed by atoms with Gasteiger partial charge in [-0.1, -0.05) is 0 Å². The van der Waals surface area contributed by atoms with Crippen LogP contribution in [0.25, 0.3) is 0 Å². The number of carbonyl (C=O) groups is 2. The van der Waals surface area contributed by atoms with Crippen molar-refractivity contribution in [2.45, 2.75) is 31.3 Å². The number of sulfone groups is 1. The molecule has 1 aliphatic rings. The first-order chi connectivity index (χ1) is 8.67. The van der Waals surface area contributed by atoms with Gasteiger partial charge in [0.25, 0.3) is 0 Å². The zero-order valence-electron chi connectivity index (χ0n) is 10.5. The van der Waals surface area contributed by atoms with Gasteiger partial charge in [-0.05, 0) is 13.3 Å². The first kappa shape index (κ1) is 15.7. The number of carboxylic acids is 1. The quantitative estimate of drug-likeness (QED) is 0.498. The van der Waals surface area contributed by atoms with Crippen LogP contribution < -0.4 is 10.6 Å². The molecule has 2 unspecified atom stereocenters. The zero-order chi connectivity index (χ0) is 14.7. The molecule has 4 N–H and O–H groups in total. The number of urea groups is 1. The Morgan fingerprint density at radius 1 is 1.42 bits per heavy atom. The summed E-state index contributed by atoms with van der Waals surface area (Å²) in [6, 6.07) is -1.95. The molecule has 1 heterocycles. The van der Waals surface area contributed by atoms with Gasteiger partial charge >= 0.3 is 12.0 Å². The summed E-state index contributed by atoms with van der Waals surface area (Å²) in [5.41, 5.74) is -0.884. The monoisotopic (exact) mass is 294 g/mol. The lowest BCUT2D eigenvalue weighted by Crippen LogP contribution is -2.54. The molecule has 110 valence electrons. The van der Waals surface area contributed by atoms with Crippen LogP contribution >= 0.6 is 0 Å². The first-order valence-electron chi connectivity index (χ1n) is 5.80. The van der Waals surface area contributed by atoms with Crippen molar-refractivity contribution in [3.63, 3.8) is 0 Å². The molecule has 8 nitrogen and oxygen atoms in total. The summed E-state index contributed by atoms with van der Waals surface area (Å²) >= 11 is 0. The van der Waals surface area contributed by atoms with Gasteiger partial charge in [0.2, 0.25) is 0 Å². The third-order valence-electron chi connectivity index (χ3n) is 2.94. The van der Waals surface area contributed by atoms with Gasteiger partial charge in [0.1, 0.15) is 6.04 Å². The second-order valence-electron chi connectivity index (χ2n) is 4.90. The smallest absolute Gasteiger partial charge is 0.326 e. The van der Waals surface area contributed by atoms with E-state index in [2.05, 4.69) is 10.6 Å². The van der Waals surface area contributed by atoms with Gasteiger partial charge in [-0.15, -0.1) is 0 Å². The number of aliphatic hydroxyl groups is 1. The molecule has 0 bridgehead atoms. The van der Waals surface area contributed by atoms with Crippen LogP contribution in [-0.4, -0.2) is 60.3 Å². The topological polar surface area (TPSA) is 133 Å². The molecule has 1 rings (SSSR count). The minimum Gasteiger partial charge on any atom is -0.480 e. The van der Waals surface area contributed by atoms with Gasteiger partial charge in [-0.25, -0.2) is 18.0 Å². The van der Waals surface area contributed by atoms with Gasteiger partial charge in [0.05, 0.1) is 17.0 Å². The van der Waals surface area contributed by atoms with E-state index in [4.69, 9.17) is 10.2 Å². The number of nitrogens with one attached hydrogen (secondary N) is 2. The van der Waals surface area contributed by atoms with Crippen molar-refractivity contribution in [1.82, 2.24) is 10.6 Å². The highest BCUT2D eigenvalue weighted by Crippen LogP contribution is 2.22. The van der Waals surface area contributed by atoms with Gasteiger partial charge in [0.15, 0.2) is 9.84 Å². The van der Waals surface area contributed by atoms with Crippen molar-refractivity contribution in [3.8, 4) is 0 Å². The SMILES string of the molecule is CC1(NC(=O)NC(CCO)C(=O)O)CCS(=O)(=O)C1. The maximum Gasteiger partial charge on any atom is 0.326 e. The Labute approximate surface area is 111 Å². The number of aliphatic carboxylic acids is 1. The molecule has 9 heteroatoms. The number of hydrogen-bond donors (Lipinski definition) is 4. The standard InChI is InChI=1S/C10H18N2O6S/c1-10(3-5-19(17,18)6-10)12-9(16)11-7(2-4-13)8(14)15/h7,13H,2-6H2,1H3,(H,14,15)(H2,11,12,16). The van der Waals surface area contributed by atoms with Gasteiger partial charge < -0.3 is 20.8 Å². The van der Waals surface area contributed by atoms with Crippen LogP contribution in [0.1, 0.15) is 19.8 Å². The summed E-state index contributed by atoms with van der Waals surface area (Å²) in [5, 5.41) is 22.2. The van der Waals surface area contributed by atoms with E-state index in [1.165, 1.54) is 0 Å². The lowest BCUT2D eigenvalue weighted by Gasteiger charge is -2.25. The molecule has 0 aromatic carbocycles. The average Bonchev–Trinajstić information content (AvgIpc) is 2.51. The number of hydrogen-bond acceptors (Lipinski definition) is 5. The summed E-state index contributed by atoms with van der Waals surface area (Å²) in [4.78, 5) is 22.4. The predicted octanol–water partition coefficient (Wildman–Crippen LogP) is -1.30. The van der Waals surface area contributed by atoms with Crippen LogP contribution in [0.15, 0.2) is 0 Å². The Bertz CT molecular complexity index is 463. The van der Waals surface area contributed by atoms with Gasteiger partial charge in [-0.2, -0.15) is 0 Å². The summed E-state index contributed by atoms with van der Waals surface area (Å²) in [6.45, 7) is 1.22. The molecule has 2 amide bonds. The van der Waals surface area contributed by atoms with E-state index in [1.54, 1.807) is 6.92 Å².